The van der Waals surface area contributed by atoms with Crippen molar-refractivity contribution in [3.05, 3.63) is 30.2 Å². The van der Waals surface area contributed by atoms with Crippen molar-refractivity contribution in [2.45, 2.75) is 44.1 Å². The molecule has 0 saturated heterocycles. The maximum Gasteiger partial charge on any atom is 0.122 e. The van der Waals surface area contributed by atoms with Crippen LogP contribution in [0.15, 0.2) is 24.5 Å². The second-order valence-corrected chi connectivity index (χ2v) is 5.85. The molecule has 4 nitrogen and oxygen atoms in total. The Hall–Kier alpha value is -1.84. The molecule has 2 saturated carbocycles. The van der Waals surface area contributed by atoms with Crippen LogP contribution in [0.5, 0.6) is 5.75 Å². The maximum absolute atomic E-state index is 5.31. The van der Waals surface area contributed by atoms with Gasteiger partial charge in [-0.1, -0.05) is 0 Å². The Morgan fingerprint density at radius 1 is 1.25 bits per heavy atom. The van der Waals surface area contributed by atoms with Crippen LogP contribution in [0.1, 0.15) is 49.8 Å². The Kier molecular flexibility index (Phi) is 2.76. The van der Waals surface area contributed by atoms with Crippen LogP contribution in [0.25, 0.3) is 11.3 Å². The molecule has 104 valence electrons. The summed E-state index contributed by atoms with van der Waals surface area (Å²) in [5, 5.41) is 4.86. The largest absolute Gasteiger partial charge is 0.497 e. The lowest BCUT2D eigenvalue weighted by atomic mass is 9.93. The highest BCUT2D eigenvalue weighted by Gasteiger charge is 2.32. The number of hydrogen-bond donors (Lipinski definition) is 0. The molecule has 0 aromatic carbocycles. The lowest BCUT2D eigenvalue weighted by Crippen LogP contribution is -2.17. The maximum atomic E-state index is 5.31. The van der Waals surface area contributed by atoms with E-state index in [1.54, 1.807) is 7.11 Å². The third-order valence-electron chi connectivity index (χ3n) is 4.42. The van der Waals surface area contributed by atoms with Gasteiger partial charge in [0.15, 0.2) is 0 Å². The van der Waals surface area contributed by atoms with Gasteiger partial charge in [0.1, 0.15) is 5.75 Å². The van der Waals surface area contributed by atoms with E-state index >= 15 is 0 Å². The van der Waals surface area contributed by atoms with Crippen molar-refractivity contribution >= 4 is 0 Å². The average Bonchev–Trinajstić information content (AvgIpc) is 3.18. The molecule has 4 heteroatoms. The van der Waals surface area contributed by atoms with Crippen LogP contribution in [0.2, 0.25) is 0 Å². The lowest BCUT2D eigenvalue weighted by Gasteiger charge is -2.25. The van der Waals surface area contributed by atoms with Gasteiger partial charge in [-0.25, -0.2) is 0 Å². The number of ether oxygens (including phenoxy) is 1. The zero-order chi connectivity index (χ0) is 13.5. The lowest BCUT2D eigenvalue weighted by molar-refractivity contribution is 0.288. The number of rotatable bonds is 4. The quantitative estimate of drug-likeness (QED) is 0.852. The predicted octanol–water partition coefficient (Wildman–Crippen LogP) is 3.56. The molecule has 2 heterocycles. The molecule has 0 aliphatic heterocycles. The summed E-state index contributed by atoms with van der Waals surface area (Å²) in [5.41, 5.74) is 3.41. The summed E-state index contributed by atoms with van der Waals surface area (Å²) < 4.78 is 7.49. The highest BCUT2D eigenvalue weighted by Crippen LogP contribution is 2.44. The molecule has 2 aliphatic rings. The van der Waals surface area contributed by atoms with Gasteiger partial charge < -0.3 is 4.74 Å². The molecule has 0 bridgehead atoms. The fourth-order valence-electron chi connectivity index (χ4n) is 2.78. The number of methoxy groups -OCH3 is 1. The van der Waals surface area contributed by atoms with E-state index in [0.29, 0.717) is 12.0 Å². The molecule has 2 fully saturated rings. The molecule has 20 heavy (non-hydrogen) atoms. The van der Waals surface area contributed by atoms with Crippen LogP contribution < -0.4 is 4.74 Å². The van der Waals surface area contributed by atoms with Crippen LogP contribution in [0, 0.1) is 0 Å². The van der Waals surface area contributed by atoms with Gasteiger partial charge in [-0.3, -0.25) is 9.67 Å². The van der Waals surface area contributed by atoms with Gasteiger partial charge in [-0.05, 0) is 38.2 Å². The van der Waals surface area contributed by atoms with Crippen molar-refractivity contribution < 1.29 is 4.74 Å². The van der Waals surface area contributed by atoms with E-state index in [9.17, 15) is 0 Å². The molecule has 4 rings (SSSR count). The predicted molar refractivity (Wildman–Crippen MR) is 76.9 cm³/mol. The van der Waals surface area contributed by atoms with Crippen molar-refractivity contribution in [3.63, 3.8) is 0 Å². The minimum Gasteiger partial charge on any atom is -0.497 e. The van der Waals surface area contributed by atoms with E-state index in [2.05, 4.69) is 15.9 Å². The van der Waals surface area contributed by atoms with E-state index < -0.39 is 0 Å². The van der Waals surface area contributed by atoms with E-state index in [0.717, 1.165) is 11.4 Å². The standard InChI is InChI=1S/C16H19N3O/c1-20-13-7-8-17-15(9-13)14-10-19(12-3-2-4-12)18-16(14)11-5-6-11/h7-12H,2-6H2,1H3. The van der Waals surface area contributed by atoms with Crippen molar-refractivity contribution in [2.24, 2.45) is 0 Å². The first kappa shape index (κ1) is 11.9. The van der Waals surface area contributed by atoms with Gasteiger partial charge in [0.25, 0.3) is 0 Å². The first-order valence-electron chi connectivity index (χ1n) is 7.44. The monoisotopic (exact) mass is 269 g/mol. The van der Waals surface area contributed by atoms with Crippen LogP contribution in [-0.2, 0) is 0 Å². The highest BCUT2D eigenvalue weighted by atomic mass is 16.5. The molecule has 0 atom stereocenters. The zero-order valence-corrected chi connectivity index (χ0v) is 11.7. The van der Waals surface area contributed by atoms with Gasteiger partial charge in [-0.15, -0.1) is 0 Å². The van der Waals surface area contributed by atoms with Gasteiger partial charge in [0, 0.05) is 29.9 Å². The van der Waals surface area contributed by atoms with Crippen molar-refractivity contribution in [1.82, 2.24) is 14.8 Å². The van der Waals surface area contributed by atoms with Crippen LogP contribution in [-0.4, -0.2) is 21.9 Å². The van der Waals surface area contributed by atoms with Crippen LogP contribution >= 0.6 is 0 Å². The van der Waals surface area contributed by atoms with E-state index in [-0.39, 0.29) is 0 Å². The van der Waals surface area contributed by atoms with Crippen LogP contribution in [0.4, 0.5) is 0 Å². The smallest absolute Gasteiger partial charge is 0.122 e. The Morgan fingerprint density at radius 3 is 2.75 bits per heavy atom. The molecule has 0 spiro atoms. The fourth-order valence-corrected chi connectivity index (χ4v) is 2.78. The topological polar surface area (TPSA) is 39.9 Å². The van der Waals surface area contributed by atoms with Gasteiger partial charge in [-0.2, -0.15) is 5.10 Å². The Labute approximate surface area is 118 Å². The summed E-state index contributed by atoms with van der Waals surface area (Å²) in [6.45, 7) is 0. The second-order valence-electron chi connectivity index (χ2n) is 5.85. The van der Waals surface area contributed by atoms with Gasteiger partial charge >= 0.3 is 0 Å². The molecule has 0 amide bonds. The van der Waals surface area contributed by atoms with Gasteiger partial charge in [0.05, 0.1) is 24.5 Å². The molecule has 2 aliphatic carbocycles. The normalized spacial score (nSPS) is 18.9. The zero-order valence-electron chi connectivity index (χ0n) is 11.7. The Morgan fingerprint density at radius 2 is 2.10 bits per heavy atom. The molecule has 2 aromatic heterocycles. The van der Waals surface area contributed by atoms with E-state index in [1.165, 1.54) is 43.4 Å². The summed E-state index contributed by atoms with van der Waals surface area (Å²) >= 11 is 0. The average molecular weight is 269 g/mol. The number of pyridine rings is 1. The molecule has 2 aromatic rings. The summed E-state index contributed by atoms with van der Waals surface area (Å²) in [5.74, 6) is 1.49. The molecular weight excluding hydrogens is 250 g/mol. The first-order chi connectivity index (χ1) is 9.85. The third-order valence-corrected chi connectivity index (χ3v) is 4.42. The molecular formula is C16H19N3O. The fraction of sp³-hybridized carbons (Fsp3) is 0.500. The molecule has 0 radical (unpaired) electrons. The summed E-state index contributed by atoms with van der Waals surface area (Å²) in [6.07, 6.45) is 10.4. The number of nitrogens with zero attached hydrogens (tertiary/aromatic N) is 3. The van der Waals surface area contributed by atoms with Crippen molar-refractivity contribution in [3.8, 4) is 17.0 Å². The summed E-state index contributed by atoms with van der Waals surface area (Å²) in [4.78, 5) is 4.51. The van der Waals surface area contributed by atoms with Crippen LogP contribution in [0.3, 0.4) is 0 Å². The first-order valence-corrected chi connectivity index (χ1v) is 7.44. The van der Waals surface area contributed by atoms with Crippen molar-refractivity contribution in [1.29, 1.82) is 0 Å². The van der Waals surface area contributed by atoms with Crippen molar-refractivity contribution in [2.75, 3.05) is 7.11 Å². The van der Waals surface area contributed by atoms with E-state index in [1.807, 2.05) is 18.3 Å². The number of aromatic nitrogens is 3. The summed E-state index contributed by atoms with van der Waals surface area (Å²) in [7, 11) is 1.69. The highest BCUT2D eigenvalue weighted by molar-refractivity contribution is 5.64. The number of hydrogen-bond acceptors (Lipinski definition) is 3. The van der Waals surface area contributed by atoms with Gasteiger partial charge in [0.2, 0.25) is 0 Å². The third kappa shape index (κ3) is 1.99. The second kappa shape index (κ2) is 4.62. The summed E-state index contributed by atoms with van der Waals surface area (Å²) in [6, 6.07) is 4.50. The minimum atomic E-state index is 0.604. The van der Waals surface area contributed by atoms with E-state index in [4.69, 9.17) is 9.84 Å². The minimum absolute atomic E-state index is 0.604. The SMILES string of the molecule is COc1ccnc(-c2cn(C3CCC3)nc2C2CC2)c1. The Bertz CT molecular complexity index is 626. The Balaban J connectivity index is 1.76. The molecule has 0 unspecified atom stereocenters. The molecule has 0 N–H and O–H groups in total.